The standard InChI is InChI=1S/C27H29N2/c1-17(2)21-7-9-22(10-8-21)23-11-12-24-26(15-23)28-16-29(6)27(24)25-14-18(3)13-19(4)20(25)5/h7-17H,1-6H3/q+1. The summed E-state index contributed by atoms with van der Waals surface area (Å²) in [4.78, 5) is 4.74. The Morgan fingerprint density at radius 1 is 0.828 bits per heavy atom. The Labute approximate surface area is 173 Å². The van der Waals surface area contributed by atoms with Crippen LogP contribution in [-0.2, 0) is 7.05 Å². The fourth-order valence-electron chi connectivity index (χ4n) is 4.10. The highest BCUT2D eigenvalue weighted by Gasteiger charge is 2.18. The van der Waals surface area contributed by atoms with E-state index in [2.05, 4.69) is 101 Å². The van der Waals surface area contributed by atoms with Gasteiger partial charge in [0.1, 0.15) is 5.69 Å². The molecule has 0 radical (unpaired) electrons. The van der Waals surface area contributed by atoms with Crippen LogP contribution in [0.25, 0.3) is 33.3 Å². The highest BCUT2D eigenvalue weighted by atomic mass is 15.0. The number of fused-ring (bicyclic) bond motifs is 1. The number of hydrogen-bond acceptors (Lipinski definition) is 1. The van der Waals surface area contributed by atoms with E-state index in [0.717, 1.165) is 5.52 Å². The Balaban J connectivity index is 1.88. The third-order valence-corrected chi connectivity index (χ3v) is 5.95. The van der Waals surface area contributed by atoms with E-state index < -0.39 is 0 Å². The zero-order chi connectivity index (χ0) is 20.7. The summed E-state index contributed by atoms with van der Waals surface area (Å²) in [7, 11) is 2.08. The number of rotatable bonds is 3. The van der Waals surface area contributed by atoms with Gasteiger partial charge in [-0.2, -0.15) is 0 Å². The van der Waals surface area contributed by atoms with Gasteiger partial charge in [-0.3, -0.25) is 0 Å². The lowest BCUT2D eigenvalue weighted by atomic mass is 9.94. The molecular weight excluding hydrogens is 352 g/mol. The summed E-state index contributed by atoms with van der Waals surface area (Å²) >= 11 is 0. The zero-order valence-electron chi connectivity index (χ0n) is 18.2. The van der Waals surface area contributed by atoms with Gasteiger partial charge in [0.15, 0.2) is 5.52 Å². The first kappa shape index (κ1) is 19.3. The van der Waals surface area contributed by atoms with E-state index >= 15 is 0 Å². The van der Waals surface area contributed by atoms with Gasteiger partial charge in [0.2, 0.25) is 0 Å². The quantitative estimate of drug-likeness (QED) is 0.373. The van der Waals surface area contributed by atoms with E-state index in [1.807, 2.05) is 6.33 Å². The fourth-order valence-corrected chi connectivity index (χ4v) is 4.10. The van der Waals surface area contributed by atoms with E-state index in [4.69, 9.17) is 4.98 Å². The van der Waals surface area contributed by atoms with Crippen molar-refractivity contribution < 1.29 is 4.57 Å². The van der Waals surface area contributed by atoms with Gasteiger partial charge in [0.05, 0.1) is 12.4 Å². The number of nitrogens with zero attached hydrogens (tertiary/aromatic N) is 2. The maximum absolute atomic E-state index is 4.74. The van der Waals surface area contributed by atoms with Gasteiger partial charge in [-0.15, -0.1) is 0 Å². The summed E-state index contributed by atoms with van der Waals surface area (Å²) in [6.07, 6.45) is 1.93. The molecule has 0 spiro atoms. The first-order chi connectivity index (χ1) is 13.8. The topological polar surface area (TPSA) is 16.8 Å². The highest BCUT2D eigenvalue weighted by molar-refractivity contribution is 5.94. The van der Waals surface area contributed by atoms with E-state index in [1.165, 1.54) is 50.0 Å². The van der Waals surface area contributed by atoms with Crippen molar-refractivity contribution in [1.29, 1.82) is 0 Å². The molecule has 0 fully saturated rings. The van der Waals surface area contributed by atoms with Crippen LogP contribution in [0.3, 0.4) is 0 Å². The number of aryl methyl sites for hydroxylation is 3. The number of benzene rings is 3. The molecule has 0 bridgehead atoms. The molecule has 1 heterocycles. The molecule has 0 atom stereocenters. The third kappa shape index (κ3) is 3.55. The van der Waals surface area contributed by atoms with Gasteiger partial charge in [0, 0.05) is 5.56 Å². The maximum atomic E-state index is 4.74. The first-order valence-corrected chi connectivity index (χ1v) is 10.3. The molecule has 0 aliphatic carbocycles. The van der Waals surface area contributed by atoms with Crippen molar-refractivity contribution >= 4 is 10.9 Å². The molecule has 0 saturated carbocycles. The minimum absolute atomic E-state index is 0.547. The molecule has 146 valence electrons. The molecular formula is C27H29N2+. The van der Waals surface area contributed by atoms with Gasteiger partial charge in [-0.1, -0.05) is 55.8 Å². The monoisotopic (exact) mass is 381 g/mol. The second-order valence-electron chi connectivity index (χ2n) is 8.47. The predicted octanol–water partition coefficient (Wildman–Crippen LogP) is 6.44. The Morgan fingerprint density at radius 3 is 2.21 bits per heavy atom. The van der Waals surface area contributed by atoms with Crippen LogP contribution in [-0.4, -0.2) is 4.98 Å². The number of aromatic nitrogens is 2. The molecule has 0 saturated heterocycles. The largest absolute Gasteiger partial charge is 0.287 e. The Kier molecular flexibility index (Phi) is 4.96. The number of hydrogen-bond donors (Lipinski definition) is 0. The molecule has 2 nitrogen and oxygen atoms in total. The summed E-state index contributed by atoms with van der Waals surface area (Å²) < 4.78 is 2.14. The molecule has 0 aliphatic rings. The molecule has 4 aromatic rings. The fraction of sp³-hybridized carbons (Fsp3) is 0.259. The van der Waals surface area contributed by atoms with Crippen molar-refractivity contribution in [2.45, 2.75) is 40.5 Å². The molecule has 0 unspecified atom stereocenters. The van der Waals surface area contributed by atoms with E-state index in [-0.39, 0.29) is 0 Å². The van der Waals surface area contributed by atoms with Crippen LogP contribution < -0.4 is 4.57 Å². The van der Waals surface area contributed by atoms with Crippen molar-refractivity contribution in [1.82, 2.24) is 4.98 Å². The van der Waals surface area contributed by atoms with Crippen LogP contribution >= 0.6 is 0 Å². The molecule has 29 heavy (non-hydrogen) atoms. The molecule has 0 amide bonds. The Morgan fingerprint density at radius 2 is 1.52 bits per heavy atom. The average Bonchev–Trinajstić information content (AvgIpc) is 2.70. The summed E-state index contributed by atoms with van der Waals surface area (Å²) in [5, 5.41) is 1.19. The molecule has 2 heteroatoms. The van der Waals surface area contributed by atoms with E-state index in [1.54, 1.807) is 0 Å². The first-order valence-electron chi connectivity index (χ1n) is 10.3. The molecule has 0 aliphatic heterocycles. The Bertz CT molecular complexity index is 1200. The van der Waals surface area contributed by atoms with Crippen LogP contribution in [0.1, 0.15) is 42.0 Å². The van der Waals surface area contributed by atoms with Gasteiger partial charge in [-0.25, -0.2) is 4.57 Å². The molecule has 1 aromatic heterocycles. The summed E-state index contributed by atoms with van der Waals surface area (Å²) in [5.74, 6) is 0.547. The van der Waals surface area contributed by atoms with Gasteiger partial charge < -0.3 is 0 Å². The zero-order valence-corrected chi connectivity index (χ0v) is 18.2. The smallest absolute Gasteiger partial charge is 0.232 e. The van der Waals surface area contributed by atoms with E-state index in [0.29, 0.717) is 5.92 Å². The summed E-state index contributed by atoms with van der Waals surface area (Å²) in [6, 6.07) is 20.1. The predicted molar refractivity (Wildman–Crippen MR) is 122 cm³/mol. The van der Waals surface area contributed by atoms with Crippen molar-refractivity contribution in [3.8, 4) is 22.4 Å². The SMILES string of the molecule is Cc1cc(C)c(C)c(-c2c3ccc(-c4ccc(C(C)C)cc4)cc3nc[n+]2C)c1. The minimum atomic E-state index is 0.547. The lowest BCUT2D eigenvalue weighted by Gasteiger charge is -2.13. The molecule has 0 N–H and O–H groups in total. The van der Waals surface area contributed by atoms with Crippen molar-refractivity contribution in [3.05, 3.63) is 83.2 Å². The highest BCUT2D eigenvalue weighted by Crippen LogP contribution is 2.32. The van der Waals surface area contributed by atoms with Crippen LogP contribution in [0.5, 0.6) is 0 Å². The van der Waals surface area contributed by atoms with Crippen molar-refractivity contribution in [2.24, 2.45) is 7.05 Å². The van der Waals surface area contributed by atoms with E-state index in [9.17, 15) is 0 Å². The van der Waals surface area contributed by atoms with Crippen LogP contribution in [0, 0.1) is 20.8 Å². The van der Waals surface area contributed by atoms with Crippen molar-refractivity contribution in [2.75, 3.05) is 0 Å². The van der Waals surface area contributed by atoms with Gasteiger partial charge >= 0.3 is 0 Å². The summed E-state index contributed by atoms with van der Waals surface area (Å²) in [5.41, 5.74) is 11.3. The maximum Gasteiger partial charge on any atom is 0.287 e. The Hall–Kier alpha value is -3.00. The minimum Gasteiger partial charge on any atom is -0.232 e. The molecule has 3 aromatic carbocycles. The molecule has 4 rings (SSSR count). The normalized spacial score (nSPS) is 11.4. The lowest BCUT2D eigenvalue weighted by Crippen LogP contribution is -2.32. The van der Waals surface area contributed by atoms with Crippen LogP contribution in [0.4, 0.5) is 0 Å². The van der Waals surface area contributed by atoms with Crippen LogP contribution in [0.2, 0.25) is 0 Å². The van der Waals surface area contributed by atoms with Crippen LogP contribution in [0.15, 0.2) is 60.9 Å². The second kappa shape index (κ2) is 7.44. The average molecular weight is 382 g/mol. The second-order valence-corrected chi connectivity index (χ2v) is 8.47. The third-order valence-electron chi connectivity index (χ3n) is 5.95. The van der Waals surface area contributed by atoms with Gasteiger partial charge in [-0.05, 0) is 77.7 Å². The summed E-state index contributed by atoms with van der Waals surface area (Å²) in [6.45, 7) is 11.0. The van der Waals surface area contributed by atoms with Gasteiger partial charge in [0.25, 0.3) is 6.33 Å². The lowest BCUT2D eigenvalue weighted by molar-refractivity contribution is -0.662. The van der Waals surface area contributed by atoms with Crippen molar-refractivity contribution in [3.63, 3.8) is 0 Å².